The van der Waals surface area contributed by atoms with Crippen LogP contribution in [0.2, 0.25) is 0 Å². The highest BCUT2D eigenvalue weighted by molar-refractivity contribution is 5.86. The van der Waals surface area contributed by atoms with Crippen LogP contribution in [0.5, 0.6) is 5.75 Å². The van der Waals surface area contributed by atoms with Gasteiger partial charge in [0, 0.05) is 49.4 Å². The fourth-order valence-electron chi connectivity index (χ4n) is 4.06. The van der Waals surface area contributed by atoms with E-state index in [1.807, 2.05) is 50.9 Å². The van der Waals surface area contributed by atoms with E-state index >= 15 is 0 Å². The van der Waals surface area contributed by atoms with Crippen LogP contribution >= 0.6 is 0 Å². The van der Waals surface area contributed by atoms with Crippen molar-refractivity contribution in [3.63, 3.8) is 0 Å². The van der Waals surface area contributed by atoms with Crippen LogP contribution in [0, 0.1) is 30.5 Å². The summed E-state index contributed by atoms with van der Waals surface area (Å²) in [5, 5.41) is 20.6. The number of hydrogen-bond acceptors (Lipinski definition) is 9. The second-order valence-electron chi connectivity index (χ2n) is 9.16. The molecule has 0 fully saturated rings. The van der Waals surface area contributed by atoms with E-state index in [0.717, 1.165) is 28.7 Å². The summed E-state index contributed by atoms with van der Waals surface area (Å²) < 4.78 is 7.28. The molecule has 0 aliphatic rings. The van der Waals surface area contributed by atoms with Gasteiger partial charge in [0.25, 0.3) is 5.69 Å². The third kappa shape index (κ3) is 5.18. The summed E-state index contributed by atoms with van der Waals surface area (Å²) in [5.41, 5.74) is 3.64. The summed E-state index contributed by atoms with van der Waals surface area (Å²) in [6.45, 7) is 12.4. The van der Waals surface area contributed by atoms with Gasteiger partial charge >= 0.3 is 0 Å². The maximum absolute atomic E-state index is 12.0. The SMILES string of the molecule is [C-]#[N+]c1ccc2c(c1)c(C)nn2-c1nc(Nc2cc([N+](=O)[O-])c(N(C)CCN(C)C)cc2OC)ncc1C. The highest BCUT2D eigenvalue weighted by Crippen LogP contribution is 2.39. The second kappa shape index (κ2) is 10.7. The molecule has 0 spiro atoms. The normalized spacial score (nSPS) is 11.0. The predicted molar refractivity (Wildman–Crippen MR) is 147 cm³/mol. The first-order valence-electron chi connectivity index (χ1n) is 11.8. The van der Waals surface area contributed by atoms with Crippen LogP contribution in [0.15, 0.2) is 36.5 Å². The van der Waals surface area contributed by atoms with E-state index in [1.54, 1.807) is 29.1 Å². The molecule has 12 heteroatoms. The largest absolute Gasteiger partial charge is 0.494 e. The van der Waals surface area contributed by atoms with Crippen molar-refractivity contribution in [3.8, 4) is 11.6 Å². The number of nitrogens with one attached hydrogen (secondary N) is 1. The third-order valence-corrected chi connectivity index (χ3v) is 6.16. The quantitative estimate of drug-likeness (QED) is 0.193. The van der Waals surface area contributed by atoms with E-state index in [0.29, 0.717) is 35.2 Å². The minimum absolute atomic E-state index is 0.0637. The van der Waals surface area contributed by atoms with Gasteiger partial charge in [-0.05, 0) is 40.1 Å². The fourth-order valence-corrected chi connectivity index (χ4v) is 4.06. The molecular weight excluding hydrogens is 486 g/mol. The monoisotopic (exact) mass is 515 g/mol. The van der Waals surface area contributed by atoms with Crippen LogP contribution in [-0.2, 0) is 0 Å². The molecule has 2 aromatic carbocycles. The van der Waals surface area contributed by atoms with Crippen molar-refractivity contribution < 1.29 is 9.66 Å². The number of aryl methyl sites for hydroxylation is 2. The van der Waals surface area contributed by atoms with E-state index < -0.39 is 4.92 Å². The Labute approximate surface area is 220 Å². The highest BCUT2D eigenvalue weighted by atomic mass is 16.6. The molecule has 0 radical (unpaired) electrons. The van der Waals surface area contributed by atoms with Crippen molar-refractivity contribution >= 4 is 39.6 Å². The van der Waals surface area contributed by atoms with Crippen LogP contribution in [0.3, 0.4) is 0 Å². The van der Waals surface area contributed by atoms with Crippen molar-refractivity contribution in [2.24, 2.45) is 0 Å². The number of nitro benzene ring substituents is 1. The molecule has 0 bridgehead atoms. The van der Waals surface area contributed by atoms with E-state index in [2.05, 4.69) is 25.2 Å². The molecule has 2 aromatic heterocycles. The Morgan fingerprint density at radius 2 is 1.95 bits per heavy atom. The lowest BCUT2D eigenvalue weighted by atomic mass is 10.2. The van der Waals surface area contributed by atoms with E-state index in [1.165, 1.54) is 13.2 Å². The number of nitrogens with zero attached hydrogens (tertiary/aromatic N) is 8. The van der Waals surface area contributed by atoms with Gasteiger partial charge in [0.2, 0.25) is 5.95 Å². The highest BCUT2D eigenvalue weighted by Gasteiger charge is 2.23. The number of benzene rings is 2. The Bertz CT molecular complexity index is 1560. The van der Waals surface area contributed by atoms with Crippen molar-refractivity contribution in [2.45, 2.75) is 13.8 Å². The van der Waals surface area contributed by atoms with Crippen LogP contribution < -0.4 is 15.0 Å². The van der Waals surface area contributed by atoms with E-state index in [9.17, 15) is 10.1 Å². The Balaban J connectivity index is 1.74. The van der Waals surface area contributed by atoms with Gasteiger partial charge in [0.1, 0.15) is 11.4 Å². The average Bonchev–Trinajstić information content (AvgIpc) is 3.23. The zero-order valence-corrected chi connectivity index (χ0v) is 22.2. The molecule has 0 unspecified atom stereocenters. The molecule has 0 aliphatic carbocycles. The number of hydrogen-bond donors (Lipinski definition) is 1. The van der Waals surface area contributed by atoms with Gasteiger partial charge in [0.15, 0.2) is 11.5 Å². The Kier molecular flexibility index (Phi) is 7.40. The van der Waals surface area contributed by atoms with Crippen molar-refractivity contribution in [1.82, 2.24) is 24.6 Å². The first kappa shape index (κ1) is 26.3. The average molecular weight is 516 g/mol. The number of methoxy groups -OCH3 is 1. The molecule has 4 rings (SSSR count). The molecule has 0 saturated heterocycles. The van der Waals surface area contributed by atoms with Gasteiger partial charge in [-0.3, -0.25) is 10.1 Å². The number of anilines is 3. The first-order valence-corrected chi connectivity index (χ1v) is 11.8. The second-order valence-corrected chi connectivity index (χ2v) is 9.16. The van der Waals surface area contributed by atoms with Gasteiger partial charge in [-0.25, -0.2) is 14.5 Å². The minimum atomic E-state index is -0.413. The number of likely N-dealkylation sites (N-methyl/N-ethyl adjacent to an activating group) is 2. The van der Waals surface area contributed by atoms with Crippen molar-refractivity contribution in [3.05, 3.63) is 69.3 Å². The molecule has 12 nitrogen and oxygen atoms in total. The maximum Gasteiger partial charge on any atom is 0.294 e. The van der Waals surface area contributed by atoms with Gasteiger partial charge in [0.05, 0.1) is 35.5 Å². The van der Waals surface area contributed by atoms with Crippen molar-refractivity contribution in [2.75, 3.05) is 51.6 Å². The Morgan fingerprint density at radius 3 is 2.61 bits per heavy atom. The zero-order chi connectivity index (χ0) is 27.6. The lowest BCUT2D eigenvalue weighted by Gasteiger charge is -2.22. The number of nitro groups is 1. The molecule has 4 aromatic rings. The van der Waals surface area contributed by atoms with Gasteiger partial charge < -0.3 is 19.9 Å². The summed E-state index contributed by atoms with van der Waals surface area (Å²) in [6.07, 6.45) is 1.66. The summed E-state index contributed by atoms with van der Waals surface area (Å²) >= 11 is 0. The summed E-state index contributed by atoms with van der Waals surface area (Å²) in [6, 6.07) is 8.46. The summed E-state index contributed by atoms with van der Waals surface area (Å²) in [5.74, 6) is 1.19. The van der Waals surface area contributed by atoms with E-state index in [4.69, 9.17) is 11.3 Å². The van der Waals surface area contributed by atoms with Crippen LogP contribution in [0.25, 0.3) is 21.6 Å². The molecule has 0 atom stereocenters. The molecule has 0 aliphatic heterocycles. The van der Waals surface area contributed by atoms with Crippen LogP contribution in [0.1, 0.15) is 11.3 Å². The zero-order valence-electron chi connectivity index (χ0n) is 22.2. The molecule has 38 heavy (non-hydrogen) atoms. The molecule has 2 heterocycles. The van der Waals surface area contributed by atoms with E-state index in [-0.39, 0.29) is 11.6 Å². The smallest absolute Gasteiger partial charge is 0.294 e. The fraction of sp³-hybridized carbons (Fsp3) is 0.308. The standard InChI is InChI=1S/C26H29N9O3/c1-16-15-28-26(30-25(16)34-21-9-8-18(27-3)12-19(21)17(2)31-34)29-20-13-23(35(36)37)22(14-24(20)38-7)33(6)11-10-32(4)5/h8-9,12-15H,10-11H2,1-2,4-7H3,(H,28,29,30). The molecule has 0 saturated carbocycles. The number of ether oxygens (including phenoxy) is 1. The molecular formula is C26H29N9O3. The minimum Gasteiger partial charge on any atom is -0.494 e. The number of aromatic nitrogens is 4. The number of fused-ring (bicyclic) bond motifs is 1. The topological polar surface area (TPSA) is 119 Å². The lowest BCUT2D eigenvalue weighted by Crippen LogP contribution is -2.29. The summed E-state index contributed by atoms with van der Waals surface area (Å²) in [7, 11) is 7.21. The lowest BCUT2D eigenvalue weighted by molar-refractivity contribution is -0.384. The third-order valence-electron chi connectivity index (χ3n) is 6.16. The number of rotatable bonds is 9. The molecule has 0 amide bonds. The van der Waals surface area contributed by atoms with Crippen LogP contribution in [-0.4, -0.2) is 70.9 Å². The van der Waals surface area contributed by atoms with Gasteiger partial charge in [-0.15, -0.1) is 0 Å². The molecule has 1 N–H and O–H groups in total. The predicted octanol–water partition coefficient (Wildman–Crippen LogP) is 4.64. The van der Waals surface area contributed by atoms with Crippen LogP contribution in [0.4, 0.5) is 28.7 Å². The van der Waals surface area contributed by atoms with Gasteiger partial charge in [-0.1, -0.05) is 6.07 Å². The van der Waals surface area contributed by atoms with Gasteiger partial charge in [-0.2, -0.15) is 10.1 Å². The molecule has 196 valence electrons. The maximum atomic E-state index is 12.0. The first-order chi connectivity index (χ1) is 18.1. The Morgan fingerprint density at radius 1 is 1.18 bits per heavy atom. The Hall–Kier alpha value is -4.76. The van der Waals surface area contributed by atoms with Crippen molar-refractivity contribution in [1.29, 1.82) is 0 Å². The summed E-state index contributed by atoms with van der Waals surface area (Å²) in [4.78, 5) is 28.0.